The van der Waals surface area contributed by atoms with E-state index in [1.54, 1.807) is 12.1 Å². The predicted molar refractivity (Wildman–Crippen MR) is 122 cm³/mol. The number of rotatable bonds is 8. The lowest BCUT2D eigenvalue weighted by atomic mass is 9.96. The molecule has 0 radical (unpaired) electrons. The van der Waals surface area contributed by atoms with Crippen LogP contribution in [0.2, 0.25) is 0 Å². The molecule has 0 aliphatic rings. The Labute approximate surface area is 192 Å². The topological polar surface area (TPSA) is 208 Å². The number of hydrogen-bond donors (Lipinski definition) is 5. The summed E-state index contributed by atoms with van der Waals surface area (Å²) in [6, 6.07) is 6.75. The van der Waals surface area contributed by atoms with E-state index in [1.165, 1.54) is 20.1 Å². The molecule has 0 saturated heterocycles. The first-order valence-electron chi connectivity index (χ1n) is 9.54. The number of hydrogen-bond acceptors (Lipinski definition) is 10. The van der Waals surface area contributed by atoms with E-state index >= 15 is 0 Å². The van der Waals surface area contributed by atoms with Crippen LogP contribution in [0.15, 0.2) is 18.2 Å². The number of aromatic nitrogens is 1. The molecule has 3 rings (SSSR count). The highest BCUT2D eigenvalue weighted by molar-refractivity contribution is 7.21. The lowest BCUT2D eigenvalue weighted by Gasteiger charge is -2.18. The van der Waals surface area contributed by atoms with Gasteiger partial charge in [-0.05, 0) is 24.6 Å². The molecule has 33 heavy (non-hydrogen) atoms. The Morgan fingerprint density at radius 3 is 2.58 bits per heavy atom. The van der Waals surface area contributed by atoms with Gasteiger partial charge in [-0.2, -0.15) is 5.26 Å². The average molecular weight is 471 g/mol. The highest BCUT2D eigenvalue weighted by Crippen LogP contribution is 2.44. The van der Waals surface area contributed by atoms with E-state index in [-0.39, 0.29) is 34.3 Å². The van der Waals surface area contributed by atoms with Crippen LogP contribution in [0.3, 0.4) is 0 Å². The molecule has 12 heteroatoms. The number of carboxylic acid groups (broad SMARTS) is 1. The largest absolute Gasteiger partial charge is 0.493 e. The lowest BCUT2D eigenvalue weighted by molar-refractivity contribution is -0.145. The van der Waals surface area contributed by atoms with Crippen LogP contribution in [0.4, 0.5) is 11.5 Å². The van der Waals surface area contributed by atoms with Crippen molar-refractivity contribution >= 4 is 44.9 Å². The Balaban J connectivity index is 2.18. The Bertz CT molecular complexity index is 1300. The van der Waals surface area contributed by atoms with Gasteiger partial charge < -0.3 is 36.9 Å². The minimum Gasteiger partial charge on any atom is -0.493 e. The summed E-state index contributed by atoms with van der Waals surface area (Å²) in [5, 5.41) is 29.2. The first-order valence-corrected chi connectivity index (χ1v) is 10.4. The second-order valence-corrected chi connectivity index (χ2v) is 8.12. The molecule has 0 bridgehead atoms. The van der Waals surface area contributed by atoms with Crippen molar-refractivity contribution in [1.29, 1.82) is 5.26 Å². The zero-order chi connectivity index (χ0) is 24.4. The smallest absolute Gasteiger partial charge is 0.308 e. The van der Waals surface area contributed by atoms with Crippen molar-refractivity contribution in [2.45, 2.75) is 13.0 Å². The highest BCUT2D eigenvalue weighted by Gasteiger charge is 2.25. The Morgan fingerprint density at radius 2 is 2.00 bits per heavy atom. The maximum atomic E-state index is 11.8. The number of ether oxygens (including phenoxy) is 2. The second-order valence-electron chi connectivity index (χ2n) is 7.12. The number of nitrogens with zero attached hydrogens (tertiary/aromatic N) is 2. The van der Waals surface area contributed by atoms with Gasteiger partial charge in [0.25, 0.3) is 5.91 Å². The number of primary amides is 1. The number of amides is 1. The van der Waals surface area contributed by atoms with Crippen LogP contribution in [0, 0.1) is 17.2 Å². The van der Waals surface area contributed by atoms with Gasteiger partial charge in [-0.1, -0.05) is 6.07 Å². The van der Waals surface area contributed by atoms with E-state index in [1.807, 2.05) is 6.07 Å². The molecule has 11 nitrogen and oxygen atoms in total. The molecule has 0 spiro atoms. The number of nitrogen functional groups attached to an aromatic ring is 2. The van der Waals surface area contributed by atoms with Crippen molar-refractivity contribution in [2.24, 2.45) is 11.7 Å². The number of aliphatic hydroxyl groups excluding tert-OH is 1. The van der Waals surface area contributed by atoms with Crippen molar-refractivity contribution in [3.8, 4) is 28.7 Å². The fraction of sp³-hybridized carbons (Fsp3) is 0.238. The Kier molecular flexibility index (Phi) is 6.57. The maximum absolute atomic E-state index is 11.8. The average Bonchev–Trinajstić information content (AvgIpc) is 3.11. The summed E-state index contributed by atoms with van der Waals surface area (Å²) < 4.78 is 10.9. The van der Waals surface area contributed by atoms with Gasteiger partial charge in [0.1, 0.15) is 39.9 Å². The number of nitrogens with two attached hydrogens (primary N) is 3. The summed E-state index contributed by atoms with van der Waals surface area (Å²) in [4.78, 5) is 27.5. The zero-order valence-corrected chi connectivity index (χ0v) is 18.5. The van der Waals surface area contributed by atoms with Crippen molar-refractivity contribution in [3.05, 3.63) is 28.6 Å². The number of carbonyl (C=O) groups is 2. The minimum absolute atomic E-state index is 0.0404. The molecule has 0 fully saturated rings. The third kappa shape index (κ3) is 4.32. The van der Waals surface area contributed by atoms with Crippen LogP contribution in [0.25, 0.3) is 21.3 Å². The summed E-state index contributed by atoms with van der Waals surface area (Å²) in [6.45, 7) is 1.04. The number of anilines is 2. The van der Waals surface area contributed by atoms with Gasteiger partial charge in [0, 0.05) is 10.9 Å². The molecule has 2 atom stereocenters. The molecular formula is C21H21N5O6S. The first kappa shape index (κ1) is 23.6. The number of nitriles is 1. The molecular weight excluding hydrogens is 450 g/mol. The molecule has 1 aromatic carbocycles. The van der Waals surface area contributed by atoms with E-state index in [2.05, 4.69) is 4.98 Å². The molecule has 1 amide bonds. The predicted octanol–water partition coefficient (Wildman–Crippen LogP) is 1.57. The van der Waals surface area contributed by atoms with Crippen molar-refractivity contribution < 1.29 is 29.3 Å². The lowest BCUT2D eigenvalue weighted by Crippen LogP contribution is -2.30. The number of fused-ring (bicyclic) bond motifs is 1. The monoisotopic (exact) mass is 471 g/mol. The Morgan fingerprint density at radius 1 is 1.30 bits per heavy atom. The summed E-state index contributed by atoms with van der Waals surface area (Å²) in [6.07, 6.45) is -1.28. The fourth-order valence-corrected chi connectivity index (χ4v) is 4.15. The van der Waals surface area contributed by atoms with Crippen LogP contribution in [0.5, 0.6) is 11.5 Å². The summed E-state index contributed by atoms with van der Waals surface area (Å²) in [5.74, 6) is -2.52. The van der Waals surface area contributed by atoms with Crippen molar-refractivity contribution in [1.82, 2.24) is 4.98 Å². The number of aliphatic carboxylic acids is 1. The van der Waals surface area contributed by atoms with Crippen LogP contribution in [0.1, 0.15) is 22.2 Å². The fourth-order valence-electron chi connectivity index (χ4n) is 3.18. The van der Waals surface area contributed by atoms with Gasteiger partial charge in [-0.15, -0.1) is 11.3 Å². The molecule has 8 N–H and O–H groups in total. The minimum atomic E-state index is -1.28. The van der Waals surface area contributed by atoms with E-state index in [0.717, 1.165) is 11.3 Å². The van der Waals surface area contributed by atoms with E-state index < -0.39 is 23.9 Å². The molecule has 0 aliphatic carbocycles. The summed E-state index contributed by atoms with van der Waals surface area (Å²) >= 11 is 0.961. The van der Waals surface area contributed by atoms with E-state index in [0.29, 0.717) is 27.1 Å². The third-order valence-electron chi connectivity index (χ3n) is 5.07. The number of benzene rings is 1. The van der Waals surface area contributed by atoms with Crippen molar-refractivity contribution in [2.75, 3.05) is 25.2 Å². The molecule has 0 saturated carbocycles. The normalized spacial score (nSPS) is 12.7. The molecule has 0 aliphatic heterocycles. The van der Waals surface area contributed by atoms with Gasteiger partial charge in [-0.25, -0.2) is 4.98 Å². The number of pyridine rings is 1. The zero-order valence-electron chi connectivity index (χ0n) is 17.7. The SMILES string of the molecule is COc1ccc(-c2c(C#N)c(N)nc3sc(C(N)=O)c(N)c23)cc1OCC(O)[C@H](C)C(=O)O. The third-order valence-corrected chi connectivity index (χ3v) is 6.18. The van der Waals surface area contributed by atoms with Gasteiger partial charge in [-0.3, -0.25) is 9.59 Å². The first-order chi connectivity index (χ1) is 15.6. The number of methoxy groups -OCH3 is 1. The number of thiophene rings is 1. The van der Waals surface area contributed by atoms with Gasteiger partial charge in [0.15, 0.2) is 11.5 Å². The van der Waals surface area contributed by atoms with Crippen LogP contribution >= 0.6 is 11.3 Å². The van der Waals surface area contributed by atoms with Crippen LogP contribution in [-0.2, 0) is 4.79 Å². The standard InChI is InChI=1S/C21H21N5O6S/c1-8(21(29)30)11(27)7-32-13-5-9(3-4-12(13)31-2)14-10(6-22)18(24)26-20-15(14)16(23)17(33-20)19(25)28/h3-5,8,11,27H,7,23H2,1-2H3,(H2,24,26)(H2,25,28)(H,29,30)/t8-,11?/m0/s1. The molecule has 2 heterocycles. The van der Waals surface area contributed by atoms with Gasteiger partial charge in [0.05, 0.1) is 18.7 Å². The van der Waals surface area contributed by atoms with E-state index in [9.17, 15) is 20.0 Å². The molecule has 3 aromatic rings. The number of carbonyl (C=O) groups excluding carboxylic acids is 1. The van der Waals surface area contributed by atoms with Crippen LogP contribution < -0.4 is 26.7 Å². The Hall–Kier alpha value is -4.08. The number of aliphatic hydroxyl groups is 1. The maximum Gasteiger partial charge on any atom is 0.308 e. The number of carboxylic acids is 1. The summed E-state index contributed by atoms with van der Waals surface area (Å²) in [5.41, 5.74) is 18.5. The molecule has 1 unspecified atom stereocenters. The van der Waals surface area contributed by atoms with E-state index in [4.69, 9.17) is 31.8 Å². The highest BCUT2D eigenvalue weighted by atomic mass is 32.1. The molecule has 172 valence electrons. The quantitative estimate of drug-likeness (QED) is 0.320. The van der Waals surface area contributed by atoms with Crippen LogP contribution in [-0.4, -0.2) is 46.9 Å². The van der Waals surface area contributed by atoms with Gasteiger partial charge >= 0.3 is 5.97 Å². The summed E-state index contributed by atoms with van der Waals surface area (Å²) in [7, 11) is 1.41. The second kappa shape index (κ2) is 9.19. The van der Waals surface area contributed by atoms with Gasteiger partial charge in [0.2, 0.25) is 0 Å². The molecule has 2 aromatic heterocycles. The van der Waals surface area contributed by atoms with Crippen molar-refractivity contribution in [3.63, 3.8) is 0 Å².